The third-order valence-corrected chi connectivity index (χ3v) is 4.42. The minimum atomic E-state index is -0.677. The van der Waals surface area contributed by atoms with Gasteiger partial charge < -0.3 is 14.8 Å². The Labute approximate surface area is 146 Å². The van der Waals surface area contributed by atoms with Crippen LogP contribution < -0.4 is 10.1 Å². The second-order valence-corrected chi connectivity index (χ2v) is 6.14. The Balaban J connectivity index is 1.75. The molecule has 25 heavy (non-hydrogen) atoms. The number of hydrogen-bond donors (Lipinski definition) is 1. The highest BCUT2D eigenvalue weighted by Gasteiger charge is 2.37. The molecule has 1 atom stereocenters. The third kappa shape index (κ3) is 4.14. The predicted molar refractivity (Wildman–Crippen MR) is 90.6 cm³/mol. The Morgan fingerprint density at radius 1 is 1.28 bits per heavy atom. The number of halogens is 1. The highest BCUT2D eigenvalue weighted by molar-refractivity contribution is 5.81. The number of nitrogens with zero attached hydrogens (tertiary/aromatic N) is 1. The van der Waals surface area contributed by atoms with E-state index >= 15 is 0 Å². The number of amides is 1. The minimum absolute atomic E-state index is 0.227. The molecule has 1 N–H and O–H groups in total. The number of carbonyl (C=O) groups excluding carboxylic acids is 1. The molecule has 2 aromatic rings. The van der Waals surface area contributed by atoms with Crippen LogP contribution in [0.25, 0.3) is 0 Å². The van der Waals surface area contributed by atoms with Crippen molar-refractivity contribution < 1.29 is 18.7 Å². The van der Waals surface area contributed by atoms with Crippen molar-refractivity contribution in [1.29, 1.82) is 0 Å². The average molecular weight is 344 g/mol. The molecule has 0 spiro atoms. The number of rotatable bonds is 5. The van der Waals surface area contributed by atoms with Crippen LogP contribution in [0, 0.1) is 5.82 Å². The number of hydrogen-bond acceptors (Lipinski definition) is 4. The van der Waals surface area contributed by atoms with Crippen LogP contribution in [0.15, 0.2) is 48.8 Å². The number of aromatic nitrogens is 1. The summed E-state index contributed by atoms with van der Waals surface area (Å²) in [5.74, 6) is 0.00797. The van der Waals surface area contributed by atoms with Crippen molar-refractivity contribution in [2.45, 2.75) is 31.4 Å². The first kappa shape index (κ1) is 17.4. The van der Waals surface area contributed by atoms with Crippen molar-refractivity contribution in [2.75, 3.05) is 13.2 Å². The molecule has 0 aliphatic carbocycles. The Morgan fingerprint density at radius 3 is 2.64 bits per heavy atom. The number of pyridine rings is 1. The molecule has 2 heterocycles. The average Bonchev–Trinajstić information content (AvgIpc) is 2.64. The van der Waals surface area contributed by atoms with Crippen molar-refractivity contribution in [1.82, 2.24) is 10.3 Å². The maximum absolute atomic E-state index is 13.3. The predicted octanol–water partition coefficient (Wildman–Crippen LogP) is 2.81. The van der Waals surface area contributed by atoms with E-state index in [4.69, 9.17) is 9.47 Å². The summed E-state index contributed by atoms with van der Waals surface area (Å²) in [4.78, 5) is 16.7. The van der Waals surface area contributed by atoms with Crippen LogP contribution in [-0.4, -0.2) is 30.2 Å². The SMILES string of the molecule is CC(Oc1cccnc1)C(=O)NC1(c2ccc(F)cc2)CCOCC1. The Bertz CT molecular complexity index is 700. The second kappa shape index (κ2) is 7.61. The molecule has 3 rings (SSSR count). The largest absolute Gasteiger partial charge is 0.479 e. The summed E-state index contributed by atoms with van der Waals surface area (Å²) < 4.78 is 24.4. The van der Waals surface area contributed by atoms with Crippen molar-refractivity contribution in [2.24, 2.45) is 0 Å². The molecule has 132 valence electrons. The van der Waals surface area contributed by atoms with Crippen LogP contribution in [0.1, 0.15) is 25.3 Å². The van der Waals surface area contributed by atoms with Crippen LogP contribution in [-0.2, 0) is 15.1 Å². The lowest BCUT2D eigenvalue weighted by Gasteiger charge is -2.39. The first-order chi connectivity index (χ1) is 12.1. The van der Waals surface area contributed by atoms with Gasteiger partial charge in [0.05, 0.1) is 11.7 Å². The van der Waals surface area contributed by atoms with E-state index < -0.39 is 11.6 Å². The van der Waals surface area contributed by atoms with E-state index in [1.54, 1.807) is 43.6 Å². The molecule has 1 saturated heterocycles. The first-order valence-corrected chi connectivity index (χ1v) is 8.32. The zero-order valence-electron chi connectivity index (χ0n) is 14.1. The highest BCUT2D eigenvalue weighted by atomic mass is 19.1. The summed E-state index contributed by atoms with van der Waals surface area (Å²) in [6, 6.07) is 9.75. The van der Waals surface area contributed by atoms with E-state index in [1.165, 1.54) is 12.1 Å². The topological polar surface area (TPSA) is 60.5 Å². The number of nitrogens with one attached hydrogen (secondary N) is 1. The van der Waals surface area contributed by atoms with E-state index in [0.717, 1.165) is 5.56 Å². The Morgan fingerprint density at radius 2 is 2.00 bits per heavy atom. The maximum Gasteiger partial charge on any atom is 0.261 e. The Hall–Kier alpha value is -2.47. The van der Waals surface area contributed by atoms with Crippen molar-refractivity contribution >= 4 is 5.91 Å². The van der Waals surface area contributed by atoms with Gasteiger partial charge in [-0.3, -0.25) is 9.78 Å². The van der Waals surface area contributed by atoms with Gasteiger partial charge in [0, 0.05) is 19.4 Å². The zero-order chi connectivity index (χ0) is 17.7. The van der Waals surface area contributed by atoms with Crippen LogP contribution in [0.3, 0.4) is 0 Å². The number of carbonyl (C=O) groups is 1. The minimum Gasteiger partial charge on any atom is -0.479 e. The fourth-order valence-electron chi connectivity index (χ4n) is 2.99. The van der Waals surface area contributed by atoms with E-state index in [1.807, 2.05) is 0 Å². The molecule has 1 aromatic carbocycles. The van der Waals surface area contributed by atoms with Crippen LogP contribution >= 0.6 is 0 Å². The van der Waals surface area contributed by atoms with Gasteiger partial charge in [-0.15, -0.1) is 0 Å². The van der Waals surface area contributed by atoms with Gasteiger partial charge in [-0.2, -0.15) is 0 Å². The van der Waals surface area contributed by atoms with Gasteiger partial charge in [0.15, 0.2) is 6.10 Å². The number of benzene rings is 1. The fourth-order valence-corrected chi connectivity index (χ4v) is 2.99. The van der Waals surface area contributed by atoms with Crippen LogP contribution in [0.2, 0.25) is 0 Å². The fraction of sp³-hybridized carbons (Fsp3) is 0.368. The van der Waals surface area contributed by atoms with Crippen LogP contribution in [0.4, 0.5) is 4.39 Å². The standard InChI is InChI=1S/C19H21FN2O3/c1-14(25-17-3-2-10-21-13-17)18(23)22-19(8-11-24-12-9-19)15-4-6-16(20)7-5-15/h2-7,10,13-14H,8-9,11-12H2,1H3,(H,22,23). The molecular weight excluding hydrogens is 323 g/mol. The zero-order valence-corrected chi connectivity index (χ0v) is 14.1. The van der Waals surface area contributed by atoms with E-state index in [-0.39, 0.29) is 11.7 Å². The summed E-state index contributed by atoms with van der Waals surface area (Å²) >= 11 is 0. The van der Waals surface area contributed by atoms with Crippen molar-refractivity contribution in [3.05, 3.63) is 60.2 Å². The molecule has 1 unspecified atom stereocenters. The van der Waals surface area contributed by atoms with E-state index in [0.29, 0.717) is 31.8 Å². The monoisotopic (exact) mass is 344 g/mol. The summed E-state index contributed by atoms with van der Waals surface area (Å²) in [5, 5.41) is 3.10. The molecule has 6 heteroatoms. The molecule has 0 radical (unpaired) electrons. The van der Waals surface area contributed by atoms with Gasteiger partial charge in [-0.25, -0.2) is 4.39 Å². The molecular formula is C19H21FN2O3. The third-order valence-electron chi connectivity index (χ3n) is 4.42. The van der Waals surface area contributed by atoms with E-state index in [9.17, 15) is 9.18 Å². The highest BCUT2D eigenvalue weighted by Crippen LogP contribution is 2.32. The quantitative estimate of drug-likeness (QED) is 0.906. The lowest BCUT2D eigenvalue weighted by Crippen LogP contribution is -2.52. The summed E-state index contributed by atoms with van der Waals surface area (Å²) in [7, 11) is 0. The molecule has 1 aliphatic heterocycles. The lowest BCUT2D eigenvalue weighted by molar-refractivity contribution is -0.130. The smallest absolute Gasteiger partial charge is 0.261 e. The maximum atomic E-state index is 13.3. The number of ether oxygens (including phenoxy) is 2. The van der Waals surface area contributed by atoms with Gasteiger partial charge in [0.2, 0.25) is 0 Å². The molecule has 1 amide bonds. The summed E-state index contributed by atoms with van der Waals surface area (Å²) in [6.45, 7) is 2.77. The second-order valence-electron chi connectivity index (χ2n) is 6.14. The van der Waals surface area contributed by atoms with Crippen molar-refractivity contribution in [3.8, 4) is 5.75 Å². The van der Waals surface area contributed by atoms with Crippen molar-refractivity contribution in [3.63, 3.8) is 0 Å². The summed E-state index contributed by atoms with van der Waals surface area (Å²) in [5.41, 5.74) is 0.300. The van der Waals surface area contributed by atoms with Gasteiger partial charge in [0.1, 0.15) is 11.6 Å². The molecule has 0 bridgehead atoms. The molecule has 1 fully saturated rings. The van der Waals surface area contributed by atoms with Gasteiger partial charge in [-0.1, -0.05) is 12.1 Å². The first-order valence-electron chi connectivity index (χ1n) is 8.32. The molecule has 1 aromatic heterocycles. The Kier molecular flexibility index (Phi) is 5.28. The lowest BCUT2D eigenvalue weighted by atomic mass is 9.82. The van der Waals surface area contributed by atoms with Gasteiger partial charge in [-0.05, 0) is 49.6 Å². The van der Waals surface area contributed by atoms with Gasteiger partial charge in [0.25, 0.3) is 5.91 Å². The summed E-state index contributed by atoms with van der Waals surface area (Å²) in [6.07, 6.45) is 3.79. The normalized spacial score (nSPS) is 17.5. The van der Waals surface area contributed by atoms with Gasteiger partial charge >= 0.3 is 0 Å². The molecule has 1 aliphatic rings. The van der Waals surface area contributed by atoms with E-state index in [2.05, 4.69) is 10.3 Å². The van der Waals surface area contributed by atoms with Crippen LogP contribution in [0.5, 0.6) is 5.75 Å². The molecule has 0 saturated carbocycles. The molecule has 5 nitrogen and oxygen atoms in total.